The number of carboxylic acids is 1. The Labute approximate surface area is 134 Å². The van der Waals surface area contributed by atoms with E-state index in [1.54, 1.807) is 6.20 Å². The highest BCUT2D eigenvalue weighted by atomic mass is 16.4. The average molecular weight is 313 g/mol. The summed E-state index contributed by atoms with van der Waals surface area (Å²) in [6.45, 7) is 0. The van der Waals surface area contributed by atoms with E-state index >= 15 is 0 Å². The van der Waals surface area contributed by atoms with Crippen molar-refractivity contribution in [2.75, 3.05) is 4.90 Å². The summed E-state index contributed by atoms with van der Waals surface area (Å²) >= 11 is 0. The maximum atomic E-state index is 10.9. The van der Waals surface area contributed by atoms with Crippen molar-refractivity contribution in [1.29, 1.82) is 0 Å². The Morgan fingerprint density at radius 1 is 1.17 bits per heavy atom. The van der Waals surface area contributed by atoms with Crippen molar-refractivity contribution in [2.45, 2.75) is 43.7 Å². The SMILES string of the molecule is Cn1ccnc1C1C[C@H]2CC[C@@H](C1)N2c1cnc(C(=O)O)cn1. The third-order valence-electron chi connectivity index (χ3n) is 5.08. The summed E-state index contributed by atoms with van der Waals surface area (Å²) in [6.07, 6.45) is 11.2. The van der Waals surface area contributed by atoms with Crippen LogP contribution in [0.4, 0.5) is 5.82 Å². The first-order valence-electron chi connectivity index (χ1n) is 7.94. The maximum Gasteiger partial charge on any atom is 0.356 e. The molecule has 23 heavy (non-hydrogen) atoms. The molecule has 4 heterocycles. The summed E-state index contributed by atoms with van der Waals surface area (Å²) in [5.74, 6) is 1.39. The van der Waals surface area contributed by atoms with Crippen LogP contribution in [0.1, 0.15) is 47.9 Å². The summed E-state index contributed by atoms with van der Waals surface area (Å²) in [4.78, 5) is 26.1. The van der Waals surface area contributed by atoms with E-state index in [1.807, 2.05) is 19.4 Å². The number of carbonyl (C=O) groups is 1. The first kappa shape index (κ1) is 14.2. The molecule has 1 unspecified atom stereocenters. The van der Waals surface area contributed by atoms with Crippen LogP contribution in [0.3, 0.4) is 0 Å². The van der Waals surface area contributed by atoms with Gasteiger partial charge in [-0.25, -0.2) is 19.7 Å². The van der Waals surface area contributed by atoms with E-state index in [9.17, 15) is 4.79 Å². The zero-order valence-electron chi connectivity index (χ0n) is 13.0. The monoisotopic (exact) mass is 313 g/mol. The van der Waals surface area contributed by atoms with Gasteiger partial charge in [0, 0.05) is 37.4 Å². The van der Waals surface area contributed by atoms with Gasteiger partial charge in [0.05, 0.1) is 12.4 Å². The van der Waals surface area contributed by atoms with Crippen molar-refractivity contribution >= 4 is 11.8 Å². The molecule has 120 valence electrons. The van der Waals surface area contributed by atoms with Gasteiger partial charge in [-0.2, -0.15) is 0 Å². The van der Waals surface area contributed by atoms with Gasteiger partial charge < -0.3 is 14.6 Å². The zero-order chi connectivity index (χ0) is 16.0. The topological polar surface area (TPSA) is 84.1 Å². The number of imidazole rings is 1. The van der Waals surface area contributed by atoms with Crippen molar-refractivity contribution < 1.29 is 9.90 Å². The molecule has 2 aromatic rings. The summed E-state index contributed by atoms with van der Waals surface area (Å²) in [6, 6.07) is 0.862. The van der Waals surface area contributed by atoms with Gasteiger partial charge in [-0.3, -0.25) is 0 Å². The molecule has 3 atom stereocenters. The molecule has 2 aliphatic heterocycles. The number of anilines is 1. The van der Waals surface area contributed by atoms with Crippen LogP contribution in [0.25, 0.3) is 0 Å². The molecule has 1 N–H and O–H groups in total. The van der Waals surface area contributed by atoms with Gasteiger partial charge in [-0.05, 0) is 25.7 Å². The number of fused-ring (bicyclic) bond motifs is 2. The summed E-state index contributed by atoms with van der Waals surface area (Å²) in [5.41, 5.74) is -0.0102. The number of aromatic nitrogens is 4. The predicted octanol–water partition coefficient (Wildman–Crippen LogP) is 1.82. The number of aryl methyl sites for hydroxylation is 1. The van der Waals surface area contributed by atoms with E-state index in [-0.39, 0.29) is 5.69 Å². The van der Waals surface area contributed by atoms with Gasteiger partial charge in [0.1, 0.15) is 11.6 Å². The van der Waals surface area contributed by atoms with Gasteiger partial charge in [-0.15, -0.1) is 0 Å². The van der Waals surface area contributed by atoms with Crippen molar-refractivity contribution in [2.24, 2.45) is 7.05 Å². The van der Waals surface area contributed by atoms with Crippen LogP contribution >= 0.6 is 0 Å². The molecule has 0 amide bonds. The largest absolute Gasteiger partial charge is 0.476 e. The van der Waals surface area contributed by atoms with Crippen molar-refractivity contribution in [1.82, 2.24) is 19.5 Å². The molecule has 0 aliphatic carbocycles. The van der Waals surface area contributed by atoms with Gasteiger partial charge in [0.2, 0.25) is 0 Å². The first-order valence-corrected chi connectivity index (χ1v) is 7.94. The third kappa shape index (κ3) is 2.36. The highest BCUT2D eigenvalue weighted by molar-refractivity contribution is 5.84. The number of hydrogen-bond donors (Lipinski definition) is 1. The smallest absolute Gasteiger partial charge is 0.356 e. The molecule has 2 saturated heterocycles. The van der Waals surface area contributed by atoms with Crippen LogP contribution in [0.2, 0.25) is 0 Å². The van der Waals surface area contributed by atoms with Gasteiger partial charge >= 0.3 is 5.97 Å². The fourth-order valence-corrected chi connectivity index (χ4v) is 4.10. The minimum Gasteiger partial charge on any atom is -0.476 e. The van der Waals surface area contributed by atoms with Crippen LogP contribution in [-0.4, -0.2) is 42.7 Å². The number of hydrogen-bond acceptors (Lipinski definition) is 5. The second-order valence-corrected chi connectivity index (χ2v) is 6.42. The Balaban J connectivity index is 1.56. The van der Waals surface area contributed by atoms with E-state index in [1.165, 1.54) is 6.20 Å². The predicted molar refractivity (Wildman–Crippen MR) is 83.5 cm³/mol. The van der Waals surface area contributed by atoms with E-state index in [0.29, 0.717) is 18.0 Å². The molecule has 7 heteroatoms. The average Bonchev–Trinajstić information content (AvgIpc) is 3.08. The minimum atomic E-state index is -1.04. The standard InChI is InChI=1S/C16H19N5O2/c1-20-5-4-17-15(20)10-6-11-2-3-12(7-10)21(11)14-9-18-13(8-19-14)16(22)23/h4-5,8-12H,2-3,6-7H2,1H3,(H,22,23)/t10?,11-,12+. The Bertz CT molecular complexity index is 712. The molecule has 2 aromatic heterocycles. The molecule has 0 radical (unpaired) electrons. The molecule has 7 nitrogen and oxygen atoms in total. The molecular weight excluding hydrogens is 294 g/mol. The van der Waals surface area contributed by atoms with Crippen LogP contribution in [0.5, 0.6) is 0 Å². The molecule has 0 spiro atoms. The zero-order valence-corrected chi connectivity index (χ0v) is 13.0. The van der Waals surface area contributed by atoms with E-state index in [4.69, 9.17) is 5.11 Å². The second kappa shape index (κ2) is 5.33. The van der Waals surface area contributed by atoms with Crippen molar-refractivity contribution in [3.63, 3.8) is 0 Å². The summed E-state index contributed by atoms with van der Waals surface area (Å²) in [7, 11) is 2.05. The fraction of sp³-hybridized carbons (Fsp3) is 0.500. The quantitative estimate of drug-likeness (QED) is 0.930. The molecule has 2 aliphatic rings. The summed E-state index contributed by atoms with van der Waals surface area (Å²) in [5, 5.41) is 8.94. The van der Waals surface area contributed by atoms with E-state index in [0.717, 1.165) is 37.3 Å². The molecule has 2 bridgehead atoms. The Morgan fingerprint density at radius 2 is 1.91 bits per heavy atom. The molecule has 0 saturated carbocycles. The molecule has 0 aromatic carbocycles. The normalized spacial score (nSPS) is 26.5. The molecule has 4 rings (SSSR count). The fourth-order valence-electron chi connectivity index (χ4n) is 4.10. The lowest BCUT2D eigenvalue weighted by atomic mass is 9.90. The Hall–Kier alpha value is -2.44. The number of carboxylic acid groups (broad SMARTS) is 1. The summed E-state index contributed by atoms with van der Waals surface area (Å²) < 4.78 is 2.11. The maximum absolute atomic E-state index is 10.9. The van der Waals surface area contributed by atoms with Gasteiger partial charge in [0.25, 0.3) is 0 Å². The van der Waals surface area contributed by atoms with E-state index in [2.05, 4.69) is 24.4 Å². The first-order chi connectivity index (χ1) is 11.1. The highest BCUT2D eigenvalue weighted by Gasteiger charge is 2.42. The van der Waals surface area contributed by atoms with Crippen LogP contribution in [-0.2, 0) is 7.05 Å². The lowest BCUT2D eigenvalue weighted by molar-refractivity contribution is 0.0690. The lowest BCUT2D eigenvalue weighted by Gasteiger charge is -2.39. The Morgan fingerprint density at radius 3 is 2.43 bits per heavy atom. The lowest BCUT2D eigenvalue weighted by Crippen LogP contribution is -2.43. The second-order valence-electron chi connectivity index (χ2n) is 6.42. The number of rotatable bonds is 3. The minimum absolute atomic E-state index is 0.0102. The van der Waals surface area contributed by atoms with E-state index < -0.39 is 5.97 Å². The Kier molecular flexibility index (Phi) is 3.28. The van der Waals surface area contributed by atoms with Crippen LogP contribution in [0, 0.1) is 0 Å². The third-order valence-corrected chi connectivity index (χ3v) is 5.08. The van der Waals surface area contributed by atoms with Crippen molar-refractivity contribution in [3.05, 3.63) is 36.3 Å². The van der Waals surface area contributed by atoms with Gasteiger partial charge in [-0.1, -0.05) is 0 Å². The number of nitrogens with zero attached hydrogens (tertiary/aromatic N) is 5. The molecular formula is C16H19N5O2. The highest BCUT2D eigenvalue weighted by Crippen LogP contribution is 2.44. The number of aromatic carboxylic acids is 1. The van der Waals surface area contributed by atoms with Crippen LogP contribution in [0.15, 0.2) is 24.8 Å². The van der Waals surface area contributed by atoms with Gasteiger partial charge in [0.15, 0.2) is 5.69 Å². The van der Waals surface area contributed by atoms with Crippen LogP contribution < -0.4 is 4.90 Å². The number of piperidine rings is 1. The molecule has 2 fully saturated rings. The van der Waals surface area contributed by atoms with Crippen molar-refractivity contribution in [3.8, 4) is 0 Å².